The first kappa shape index (κ1) is 38.2. The van der Waals surface area contributed by atoms with Crippen LogP contribution < -0.4 is 0 Å². The number of esters is 12. The summed E-state index contributed by atoms with van der Waals surface area (Å²) < 4.78 is 55.0. The third kappa shape index (κ3) is 7.12. The molecular weight excluding hydrogens is 772 g/mol. The Hall–Kier alpha value is -6.52. The maximum Gasteiger partial charge on any atom is 0.619 e. The lowest BCUT2D eigenvalue weighted by Crippen LogP contribution is -2.55. The highest BCUT2D eigenvalue weighted by Crippen LogP contribution is 2.37. The molecule has 4 bridgehead atoms. The average Bonchev–Trinajstić information content (AvgIpc) is 3.41. The summed E-state index contributed by atoms with van der Waals surface area (Å²) in [5.74, 6) is -30.0. The highest BCUT2D eigenvalue weighted by molar-refractivity contribution is 5.93. The van der Waals surface area contributed by atoms with E-state index in [-0.39, 0.29) is 0 Å². The standard InChI is InChI=1S/C27H20O28/c28-9-1-5(14(33)23(42)54-27-47-12(31)4-8(20(39)51-27)16(35)24(43)55-27)17(36)48-25(44-9)45-10(29)2-6(13(32)21(40)52-25)18(37)49-26-46-11(30)3-7(19(38)50-26)15(34)22(41)53-26/h5-8,13-16,32-35H,1-4H2. The fourth-order valence-corrected chi connectivity index (χ4v) is 5.30. The Morgan fingerprint density at radius 2 is 0.927 bits per heavy atom. The van der Waals surface area contributed by atoms with Crippen LogP contribution in [0.1, 0.15) is 25.7 Å². The van der Waals surface area contributed by atoms with Gasteiger partial charge < -0.3 is 77.3 Å². The zero-order valence-corrected chi connectivity index (χ0v) is 26.5. The SMILES string of the molecule is O=C1CC(C(O)C(=O)OC23OC(=O)CC(C(=O)O2)C(O)C(=O)O3)C(=O)OC2(O1)OC(=O)CC(C(=O)OC13OC(=O)CC(C(=O)O1)C(O)C(=O)O3)C(O)C(=O)O2. The van der Waals surface area contributed by atoms with Crippen molar-refractivity contribution < 1.29 is 135 Å². The molecule has 0 radical (unpaired) electrons. The lowest BCUT2D eigenvalue weighted by molar-refractivity contribution is -0.437. The Morgan fingerprint density at radius 1 is 0.509 bits per heavy atom. The number of fused-ring (bicyclic) bond motifs is 6. The van der Waals surface area contributed by atoms with Crippen molar-refractivity contribution in [1.82, 2.24) is 0 Å². The minimum absolute atomic E-state index is 0.968. The van der Waals surface area contributed by atoms with Gasteiger partial charge >= 0.3 is 90.1 Å². The van der Waals surface area contributed by atoms with Gasteiger partial charge in [0.15, 0.2) is 24.4 Å². The topological polar surface area (TPSA) is 397 Å². The molecule has 6 aliphatic heterocycles. The summed E-state index contributed by atoms with van der Waals surface area (Å²) >= 11 is 0. The summed E-state index contributed by atoms with van der Waals surface area (Å²) in [6.45, 7) is 0. The number of ether oxygens (including phenoxy) is 12. The summed E-state index contributed by atoms with van der Waals surface area (Å²) in [5.41, 5.74) is 0. The minimum Gasteiger partial charge on any atom is -0.381 e. The fraction of sp³-hybridized carbons (Fsp3) is 0.556. The molecule has 55 heavy (non-hydrogen) atoms. The normalized spacial score (nSPS) is 38.0. The minimum atomic E-state index is -3.89. The van der Waals surface area contributed by atoms with Gasteiger partial charge in [-0.3, -0.25) is 38.4 Å². The van der Waals surface area contributed by atoms with Crippen molar-refractivity contribution in [1.29, 1.82) is 0 Å². The molecule has 296 valence electrons. The number of aliphatic hydroxyl groups excluding tert-OH is 4. The van der Waals surface area contributed by atoms with Crippen LogP contribution in [0.4, 0.5) is 0 Å². The van der Waals surface area contributed by atoms with E-state index in [9.17, 15) is 78.0 Å². The molecule has 6 saturated heterocycles. The predicted octanol–water partition coefficient (Wildman–Crippen LogP) is -7.11. The van der Waals surface area contributed by atoms with E-state index in [1.807, 2.05) is 0 Å². The lowest BCUT2D eigenvalue weighted by Gasteiger charge is -2.33. The van der Waals surface area contributed by atoms with Gasteiger partial charge in [0.1, 0.15) is 23.7 Å². The van der Waals surface area contributed by atoms with Crippen molar-refractivity contribution in [2.24, 2.45) is 23.7 Å². The first-order valence-electron chi connectivity index (χ1n) is 15.1. The molecule has 11 unspecified atom stereocenters. The molecule has 0 aliphatic carbocycles. The second-order valence-corrected chi connectivity index (χ2v) is 11.8. The summed E-state index contributed by atoms with van der Waals surface area (Å²) in [7, 11) is 0. The Kier molecular flexibility index (Phi) is 9.31. The van der Waals surface area contributed by atoms with Crippen LogP contribution in [0.25, 0.3) is 0 Å². The van der Waals surface area contributed by atoms with Gasteiger partial charge in [0, 0.05) is 0 Å². The number of aliphatic hydroxyl groups is 4. The van der Waals surface area contributed by atoms with Gasteiger partial charge in [-0.25, -0.2) is 19.2 Å². The smallest absolute Gasteiger partial charge is 0.381 e. The first-order chi connectivity index (χ1) is 25.6. The fourth-order valence-electron chi connectivity index (χ4n) is 5.30. The van der Waals surface area contributed by atoms with Crippen molar-refractivity contribution >= 4 is 71.6 Å². The zero-order valence-electron chi connectivity index (χ0n) is 26.5. The van der Waals surface area contributed by atoms with Gasteiger partial charge in [0.05, 0.1) is 25.7 Å². The highest BCUT2D eigenvalue weighted by atomic mass is 17.1. The third-order valence-electron chi connectivity index (χ3n) is 8.01. The largest absolute Gasteiger partial charge is 0.619 e. The van der Waals surface area contributed by atoms with E-state index >= 15 is 0 Å². The molecule has 28 heteroatoms. The highest BCUT2D eigenvalue weighted by Gasteiger charge is 2.64. The van der Waals surface area contributed by atoms with Gasteiger partial charge in [-0.15, -0.1) is 0 Å². The maximum absolute atomic E-state index is 13.1. The Labute approximate surface area is 299 Å². The Bertz CT molecular complexity index is 1820. The number of rotatable bonds is 5. The molecule has 0 saturated carbocycles. The molecule has 11 atom stereocenters. The van der Waals surface area contributed by atoms with Crippen molar-refractivity contribution in [2.45, 2.75) is 68.6 Å². The lowest BCUT2D eigenvalue weighted by atomic mass is 9.98. The van der Waals surface area contributed by atoms with Crippen LogP contribution in [0, 0.1) is 23.7 Å². The van der Waals surface area contributed by atoms with E-state index in [4.69, 9.17) is 0 Å². The van der Waals surface area contributed by atoms with Gasteiger partial charge in [-0.2, -0.15) is 0 Å². The quantitative estimate of drug-likeness (QED) is 0.148. The molecular formula is C27H20O28. The summed E-state index contributed by atoms with van der Waals surface area (Å²) in [6, 6.07) is 0. The van der Waals surface area contributed by atoms with Crippen LogP contribution in [-0.4, -0.2) is 135 Å². The average molecular weight is 792 g/mol. The predicted molar refractivity (Wildman–Crippen MR) is 138 cm³/mol. The van der Waals surface area contributed by atoms with E-state index in [1.54, 1.807) is 0 Å². The van der Waals surface area contributed by atoms with E-state index in [2.05, 4.69) is 56.8 Å². The third-order valence-corrected chi connectivity index (χ3v) is 8.01. The molecule has 6 heterocycles. The zero-order chi connectivity index (χ0) is 40.4. The van der Waals surface area contributed by atoms with Crippen molar-refractivity contribution in [3.8, 4) is 0 Å². The van der Waals surface area contributed by atoms with Crippen LogP contribution >= 0.6 is 0 Å². The van der Waals surface area contributed by atoms with Gasteiger partial charge in [-0.05, 0) is 0 Å². The van der Waals surface area contributed by atoms with Gasteiger partial charge in [0.25, 0.3) is 0 Å². The monoisotopic (exact) mass is 792 g/mol. The molecule has 6 rings (SSSR count). The first-order valence-corrected chi connectivity index (χ1v) is 15.1. The number of hydrogen-bond acceptors (Lipinski definition) is 28. The summed E-state index contributed by atoms with van der Waals surface area (Å²) in [6.07, 6.45) is -26.6. The van der Waals surface area contributed by atoms with E-state index < -0.39 is 164 Å². The summed E-state index contributed by atoms with van der Waals surface area (Å²) in [5, 5.41) is 41.2. The van der Waals surface area contributed by atoms with Gasteiger partial charge in [0.2, 0.25) is 0 Å². The van der Waals surface area contributed by atoms with Crippen LogP contribution in [0.2, 0.25) is 0 Å². The van der Waals surface area contributed by atoms with Crippen LogP contribution in [-0.2, 0) is 114 Å². The summed E-state index contributed by atoms with van der Waals surface area (Å²) in [4.78, 5) is 151. The Balaban J connectivity index is 1.17. The number of carbonyl (C=O) groups is 12. The molecule has 1 spiro atoms. The number of carbonyl (C=O) groups excluding carboxylic acids is 12. The van der Waals surface area contributed by atoms with E-state index in [0.717, 1.165) is 0 Å². The second kappa shape index (κ2) is 13.4. The van der Waals surface area contributed by atoms with E-state index in [0.29, 0.717) is 0 Å². The molecule has 28 nitrogen and oxygen atoms in total. The molecule has 0 aromatic rings. The van der Waals surface area contributed by atoms with Crippen LogP contribution in [0.3, 0.4) is 0 Å². The molecule has 0 amide bonds. The van der Waals surface area contributed by atoms with E-state index in [1.165, 1.54) is 0 Å². The second-order valence-electron chi connectivity index (χ2n) is 11.8. The molecule has 0 aromatic heterocycles. The maximum atomic E-state index is 13.1. The van der Waals surface area contributed by atoms with Crippen LogP contribution in [0.5, 0.6) is 0 Å². The van der Waals surface area contributed by atoms with Gasteiger partial charge in [-0.1, -0.05) is 0 Å². The Morgan fingerprint density at radius 3 is 1.45 bits per heavy atom. The molecule has 4 N–H and O–H groups in total. The van der Waals surface area contributed by atoms with Crippen molar-refractivity contribution in [3.05, 3.63) is 0 Å². The molecule has 0 aromatic carbocycles. The van der Waals surface area contributed by atoms with Crippen LogP contribution in [0.15, 0.2) is 0 Å². The molecule has 6 aliphatic rings. The van der Waals surface area contributed by atoms with Crippen molar-refractivity contribution in [2.75, 3.05) is 0 Å². The number of hydrogen-bond donors (Lipinski definition) is 4. The molecule has 6 fully saturated rings. The van der Waals surface area contributed by atoms with Crippen molar-refractivity contribution in [3.63, 3.8) is 0 Å².